The van der Waals surface area contributed by atoms with Gasteiger partial charge in [0.05, 0.1) is 10.5 Å². The van der Waals surface area contributed by atoms with Crippen molar-refractivity contribution >= 4 is 31.8 Å². The normalized spacial score (nSPS) is 16.1. The Morgan fingerprint density at radius 3 is 2.33 bits per heavy atom. The Bertz CT molecular complexity index is 1960. The Labute approximate surface area is 230 Å². The molecule has 0 saturated carbocycles. The Hall–Kier alpha value is -3.58. The first-order valence-electron chi connectivity index (χ1n) is 12.8. The van der Waals surface area contributed by atoms with Crippen LogP contribution in [0.1, 0.15) is 47.1 Å². The smallest absolute Gasteiger partial charge is 0.303 e. The summed E-state index contributed by atoms with van der Waals surface area (Å²) >= 11 is 0. The maximum absolute atomic E-state index is 12.6. The zero-order chi connectivity index (χ0) is 28.4. The van der Waals surface area contributed by atoms with Crippen molar-refractivity contribution in [3.8, 4) is 11.5 Å². The maximum atomic E-state index is 12.6. The first kappa shape index (κ1) is 26.6. The molecule has 3 heterocycles. The zero-order valence-corrected chi connectivity index (χ0v) is 22.9. The molecular formula is C28H26NO9S2+. The molecule has 12 heteroatoms. The first-order valence-corrected chi connectivity index (χ1v) is 15.7. The van der Waals surface area contributed by atoms with E-state index >= 15 is 0 Å². The second kappa shape index (κ2) is 9.51. The predicted octanol–water partition coefficient (Wildman–Crippen LogP) is 1.93. The fourth-order valence-electron chi connectivity index (χ4n) is 6.03. The second-order valence-electron chi connectivity index (χ2n) is 10.2. The van der Waals surface area contributed by atoms with Gasteiger partial charge in [-0.3, -0.25) is 13.9 Å². The molecule has 0 aliphatic carbocycles. The van der Waals surface area contributed by atoms with Crippen molar-refractivity contribution in [3.05, 3.63) is 80.9 Å². The topological polar surface area (TPSA) is 158 Å². The third-order valence-corrected chi connectivity index (χ3v) is 9.44. The molecule has 3 aromatic carbocycles. The molecule has 0 spiro atoms. The lowest BCUT2D eigenvalue weighted by Crippen LogP contribution is -2.45. The van der Waals surface area contributed by atoms with Crippen LogP contribution in [0.15, 0.2) is 52.3 Å². The third kappa shape index (κ3) is 4.60. The van der Waals surface area contributed by atoms with Gasteiger partial charge in [0, 0.05) is 46.7 Å². The summed E-state index contributed by atoms with van der Waals surface area (Å²) in [4.78, 5) is 9.83. The van der Waals surface area contributed by atoms with Gasteiger partial charge in [-0.2, -0.15) is 16.8 Å². The molecule has 40 heavy (non-hydrogen) atoms. The number of aryl methyl sites for hydroxylation is 2. The molecular weight excluding hydrogens is 558 g/mol. The minimum atomic E-state index is -4.94. The average molecular weight is 585 g/mol. The number of fused-ring (bicyclic) bond motifs is 3. The quantitative estimate of drug-likeness (QED) is 0.227. The van der Waals surface area contributed by atoms with Crippen LogP contribution in [0.2, 0.25) is 0 Å². The SMILES string of the molecule is O=C(O)CCc1ccc2c(c1)Oc1c3c4c(cc1=C2c1ccc(S(=O)(=O)O)cc1S(=O)(=O)O)CCC[N+]=4CCC3. The third-order valence-electron chi connectivity index (χ3n) is 7.69. The van der Waals surface area contributed by atoms with E-state index in [-0.39, 0.29) is 18.4 Å². The van der Waals surface area contributed by atoms with Gasteiger partial charge in [-0.15, -0.1) is 0 Å². The van der Waals surface area contributed by atoms with Gasteiger partial charge in [0.2, 0.25) is 5.36 Å². The Morgan fingerprint density at radius 1 is 0.900 bits per heavy atom. The van der Waals surface area contributed by atoms with Gasteiger partial charge in [-0.05, 0) is 49.1 Å². The van der Waals surface area contributed by atoms with Crippen molar-refractivity contribution in [1.29, 1.82) is 0 Å². The molecule has 0 atom stereocenters. The summed E-state index contributed by atoms with van der Waals surface area (Å²) in [6, 6.07) is 10.3. The van der Waals surface area contributed by atoms with Crippen LogP contribution in [0, 0.1) is 0 Å². The van der Waals surface area contributed by atoms with E-state index in [0.29, 0.717) is 33.4 Å². The Kier molecular flexibility index (Phi) is 6.33. The molecule has 0 bridgehead atoms. The van der Waals surface area contributed by atoms with Crippen molar-refractivity contribution in [3.63, 3.8) is 0 Å². The highest BCUT2D eigenvalue weighted by atomic mass is 32.2. The van der Waals surface area contributed by atoms with E-state index in [1.165, 1.54) is 6.07 Å². The van der Waals surface area contributed by atoms with Crippen molar-refractivity contribution < 1.29 is 40.6 Å². The van der Waals surface area contributed by atoms with Gasteiger partial charge in [-0.1, -0.05) is 18.2 Å². The van der Waals surface area contributed by atoms with Crippen LogP contribution in [0.3, 0.4) is 0 Å². The fourth-order valence-corrected chi connectivity index (χ4v) is 7.33. The molecule has 208 valence electrons. The molecule has 3 N–H and O–H groups in total. The summed E-state index contributed by atoms with van der Waals surface area (Å²) in [5, 5.41) is 10.9. The monoisotopic (exact) mass is 584 g/mol. The standard InChI is InChI=1S/C28H25NO9S2/c30-25(31)10-6-16-5-8-19-23(13-16)38-28-21-4-2-12-29-11-1-3-17(27(21)29)14-22(28)26(19)20-9-7-18(39(32,33)34)15-24(20)40(35,36)37/h5,7-9,13-15H,1-4,6,10-12H2,(H2-,30,31,32,33,34,35,36,37)/p+1. The van der Waals surface area contributed by atoms with Crippen LogP contribution in [0.5, 0.6) is 11.5 Å². The van der Waals surface area contributed by atoms with Gasteiger partial charge < -0.3 is 9.84 Å². The second-order valence-corrected chi connectivity index (χ2v) is 13.1. The van der Waals surface area contributed by atoms with E-state index in [1.54, 1.807) is 18.2 Å². The number of hydrogen-bond acceptors (Lipinski definition) is 6. The van der Waals surface area contributed by atoms with Gasteiger partial charge >= 0.3 is 5.97 Å². The molecule has 0 saturated heterocycles. The Morgan fingerprint density at radius 2 is 1.62 bits per heavy atom. The van der Waals surface area contributed by atoms with E-state index in [4.69, 9.17) is 9.84 Å². The summed E-state index contributed by atoms with van der Waals surface area (Å²) in [5.41, 5.74) is 3.80. The lowest BCUT2D eigenvalue weighted by Gasteiger charge is -2.27. The van der Waals surface area contributed by atoms with E-state index in [2.05, 4.69) is 4.58 Å². The lowest BCUT2D eigenvalue weighted by molar-refractivity contribution is -0.136. The van der Waals surface area contributed by atoms with E-state index in [9.17, 15) is 30.7 Å². The number of nitrogens with zero attached hydrogens (tertiary/aromatic N) is 1. The van der Waals surface area contributed by atoms with Crippen molar-refractivity contribution in [2.75, 3.05) is 13.1 Å². The largest absolute Gasteiger partial charge is 0.481 e. The van der Waals surface area contributed by atoms with E-state index < -0.39 is 36.0 Å². The van der Waals surface area contributed by atoms with Crippen LogP contribution in [-0.2, 0) is 44.3 Å². The number of hydrogen-bond donors (Lipinski definition) is 3. The van der Waals surface area contributed by atoms with Crippen molar-refractivity contribution in [2.45, 2.75) is 48.3 Å². The summed E-state index contributed by atoms with van der Waals surface area (Å²) in [6.45, 7) is 1.85. The van der Waals surface area contributed by atoms with Crippen LogP contribution in [-0.4, -0.2) is 50.1 Å². The number of carboxylic acid groups (broad SMARTS) is 1. The average Bonchev–Trinajstić information content (AvgIpc) is 2.90. The van der Waals surface area contributed by atoms with Crippen LogP contribution in [0.4, 0.5) is 0 Å². The number of carbonyl (C=O) groups is 1. The van der Waals surface area contributed by atoms with Gasteiger partial charge in [0.15, 0.2) is 0 Å². The maximum Gasteiger partial charge on any atom is 0.303 e. The molecule has 3 aliphatic heterocycles. The summed E-state index contributed by atoms with van der Waals surface area (Å²) in [5.74, 6) is 0.0159. The number of aliphatic carboxylic acids is 1. The molecule has 0 aromatic heterocycles. The zero-order valence-electron chi connectivity index (χ0n) is 21.3. The highest BCUT2D eigenvalue weighted by Gasteiger charge is 2.33. The van der Waals surface area contributed by atoms with E-state index in [1.807, 2.05) is 6.07 Å². The van der Waals surface area contributed by atoms with E-state index in [0.717, 1.165) is 67.4 Å². The molecule has 3 aromatic rings. The van der Waals surface area contributed by atoms with Crippen molar-refractivity contribution in [1.82, 2.24) is 4.58 Å². The molecule has 3 aliphatic rings. The summed E-state index contributed by atoms with van der Waals surface area (Å²) in [7, 11) is -9.70. The first-order chi connectivity index (χ1) is 18.9. The molecule has 6 rings (SSSR count). The minimum Gasteiger partial charge on any atom is -0.481 e. The molecule has 0 unspecified atom stereocenters. The molecule has 0 fully saturated rings. The summed E-state index contributed by atoms with van der Waals surface area (Å²) < 4.78 is 77.4. The van der Waals surface area contributed by atoms with Crippen molar-refractivity contribution in [2.24, 2.45) is 0 Å². The van der Waals surface area contributed by atoms with Crippen LogP contribution >= 0.6 is 0 Å². The van der Waals surface area contributed by atoms with Gasteiger partial charge in [0.25, 0.3) is 20.2 Å². The summed E-state index contributed by atoms with van der Waals surface area (Å²) in [6.07, 6.45) is 3.63. The highest BCUT2D eigenvalue weighted by Crippen LogP contribution is 2.40. The Balaban J connectivity index is 1.72. The fraction of sp³-hybridized carbons (Fsp3) is 0.286. The van der Waals surface area contributed by atoms with Gasteiger partial charge in [0.1, 0.15) is 29.5 Å². The predicted molar refractivity (Wildman–Crippen MR) is 143 cm³/mol. The van der Waals surface area contributed by atoms with Crippen LogP contribution < -0.4 is 19.9 Å². The van der Waals surface area contributed by atoms with Gasteiger partial charge in [-0.25, -0.2) is 4.58 Å². The molecule has 10 nitrogen and oxygen atoms in total. The number of ether oxygens (including phenoxy) is 1. The van der Waals surface area contributed by atoms with Crippen LogP contribution in [0.25, 0.3) is 5.57 Å². The number of carboxylic acids is 1. The molecule has 0 amide bonds. The number of rotatable bonds is 6. The minimum absolute atomic E-state index is 0.0506. The number of benzene rings is 3. The lowest BCUT2D eigenvalue weighted by atomic mass is 9.87. The highest BCUT2D eigenvalue weighted by molar-refractivity contribution is 7.86. The molecule has 0 radical (unpaired) electrons.